The Bertz CT molecular complexity index is 3540. The van der Waals surface area contributed by atoms with Crippen molar-refractivity contribution < 1.29 is 23.7 Å². The van der Waals surface area contributed by atoms with Crippen LogP contribution < -0.4 is 56.2 Å². The lowest BCUT2D eigenvalue weighted by Crippen LogP contribution is -2.19. The fourth-order valence-electron chi connectivity index (χ4n) is 10.7. The number of amides is 1. The second-order valence-corrected chi connectivity index (χ2v) is 38.2. The minimum Gasteiger partial charge on any atom is -0.493 e. The summed E-state index contributed by atoms with van der Waals surface area (Å²) in [5, 5.41) is 22.5. The molecule has 12 nitrogen and oxygen atoms in total. The average Bonchev–Trinajstić information content (AvgIpc) is 1.39. The summed E-state index contributed by atoms with van der Waals surface area (Å²) in [4.78, 5) is 12.3. The van der Waals surface area contributed by atoms with Crippen LogP contribution in [0.4, 0.5) is 39.8 Å². The Hall–Kier alpha value is -9.46. The number of carbonyl (C=O) groups excluding carboxylic acids is 1. The first-order chi connectivity index (χ1) is 59.1. The third-order valence-electron chi connectivity index (χ3n) is 15.2. The summed E-state index contributed by atoms with van der Waals surface area (Å²) in [7, 11) is 0. The van der Waals surface area contributed by atoms with E-state index < -0.39 is 0 Å². The maximum Gasteiger partial charge on any atom is 0.228 e. The second kappa shape index (κ2) is 69.8. The van der Waals surface area contributed by atoms with Gasteiger partial charge in [-0.05, 0) is 198 Å². The number of thioether (sulfide) groups is 1. The van der Waals surface area contributed by atoms with E-state index >= 15 is 0 Å². The maximum absolute atomic E-state index is 10.8. The number of rotatable bonds is 0. The van der Waals surface area contributed by atoms with Gasteiger partial charge in [-0.25, -0.2) is 0 Å². The van der Waals surface area contributed by atoms with Gasteiger partial charge in [0.1, 0.15) is 31.3 Å². The fraction of sp³-hybridized carbons (Fsp3) is 0.486. The van der Waals surface area contributed by atoms with E-state index in [-0.39, 0.29) is 5.91 Å². The normalized spacial score (nSPS) is 13.3. The molecule has 0 bridgehead atoms. The zero-order valence-corrected chi connectivity index (χ0v) is 83.2. The molecule has 0 aliphatic carbocycles. The Morgan fingerprint density at radius 3 is 1.02 bits per heavy atom. The minimum atomic E-state index is 0.0983. The molecule has 124 heavy (non-hydrogen) atoms. The quantitative estimate of drug-likeness (QED) is 0.0778. The first-order valence-electron chi connectivity index (χ1n) is 46.4. The summed E-state index contributed by atoms with van der Waals surface area (Å²) in [6.45, 7) is 70.6. The van der Waals surface area contributed by atoms with Crippen LogP contribution in [0, 0.1) is 53.3 Å². The van der Waals surface area contributed by atoms with Crippen molar-refractivity contribution in [3.8, 4) is 23.0 Å². The van der Waals surface area contributed by atoms with Gasteiger partial charge in [-0.15, -0.1) is 11.8 Å². The first kappa shape index (κ1) is 113. The Labute approximate surface area is 762 Å². The Morgan fingerprint density at radius 2 is 0.581 bits per heavy atom. The molecule has 0 saturated carbocycles. The van der Waals surface area contributed by atoms with E-state index in [9.17, 15) is 4.79 Å². The Kier molecular flexibility index (Phi) is 63.3. The summed E-state index contributed by atoms with van der Waals surface area (Å²) >= 11 is 1.97. The standard InChI is InChI=1S/C10H11N.C9H11N.C8H10N2.C8H9NO.C8H7NO.C8H9N.C8H8O2.C8H8O.C8H8S.9C4H10/c1-8-6-7-9-4-2-3-5-10(9)11-8;1-2-6-9-8(4-1)5-3-7-10-9;2*1-2-4-8-7(3-1)9-5-6-10-8;10-8-5-6-3-1-2-4-7(6)9-8;1-2-4-8-7(3-1)5-6-9-8;1-2-4-8-7(3-1)9-5-6-10-8;2*1-2-4-8-7(3-1)5-6-9-8;9*1-4(2)3/h2-5,11H,1,6-7H2;1-2,4,6,10H,3,5,7H2;1-4,9-10H,5-6H2;1-4,9H,5-6H2;1-4H,5H2,(H,9,10);1-4,9H,5-6H2;1-4H,5-6H2;2*1-4H,5-6H2;9*4H,1-3H3. The molecule has 13 heteroatoms. The molecule has 0 radical (unpaired) electrons. The van der Waals surface area contributed by atoms with Gasteiger partial charge < -0.3 is 56.2 Å². The number of benzene rings is 9. The maximum atomic E-state index is 10.8. The summed E-state index contributed by atoms with van der Waals surface area (Å²) in [5.41, 5.74) is 17.8. The Morgan fingerprint density at radius 1 is 0.258 bits per heavy atom. The van der Waals surface area contributed by atoms with Crippen LogP contribution in [0.2, 0.25) is 0 Å². The van der Waals surface area contributed by atoms with Gasteiger partial charge in [-0.2, -0.15) is 0 Å². The molecule has 18 rings (SSSR count). The molecule has 9 aromatic rings. The highest BCUT2D eigenvalue weighted by Gasteiger charge is 2.16. The summed E-state index contributed by atoms with van der Waals surface area (Å²) in [6, 6.07) is 73.9. The molecule has 9 heterocycles. The van der Waals surface area contributed by atoms with E-state index in [1.807, 2.05) is 121 Å². The van der Waals surface area contributed by atoms with Crippen LogP contribution in [0.3, 0.4) is 0 Å². The molecule has 0 spiro atoms. The molecule has 0 unspecified atom stereocenters. The van der Waals surface area contributed by atoms with Crippen LogP contribution in [0.5, 0.6) is 23.0 Å². The van der Waals surface area contributed by atoms with Crippen molar-refractivity contribution in [3.05, 3.63) is 264 Å². The van der Waals surface area contributed by atoms with Gasteiger partial charge in [-0.1, -0.05) is 339 Å². The van der Waals surface area contributed by atoms with Crippen LogP contribution in [-0.4, -0.2) is 70.8 Å². The fourth-order valence-corrected chi connectivity index (χ4v) is 11.8. The Balaban J connectivity index is 0.000000666. The zero-order valence-electron chi connectivity index (χ0n) is 82.4. The van der Waals surface area contributed by atoms with Crippen molar-refractivity contribution in [2.24, 2.45) is 53.3 Å². The average molecular weight is 1720 g/mol. The van der Waals surface area contributed by atoms with Crippen LogP contribution in [0.15, 0.2) is 236 Å². The lowest BCUT2D eigenvalue weighted by molar-refractivity contribution is -0.115. The van der Waals surface area contributed by atoms with E-state index in [2.05, 4.69) is 340 Å². The largest absolute Gasteiger partial charge is 0.493 e. The third-order valence-corrected chi connectivity index (χ3v) is 16.4. The lowest BCUT2D eigenvalue weighted by Gasteiger charge is -2.19. The van der Waals surface area contributed by atoms with Gasteiger partial charge in [-0.3, -0.25) is 4.79 Å². The minimum absolute atomic E-state index is 0.0983. The number of para-hydroxylation sites is 11. The molecule has 9 aliphatic heterocycles. The summed E-state index contributed by atoms with van der Waals surface area (Å²) in [6.07, 6.45) is 8.78. The highest BCUT2D eigenvalue weighted by molar-refractivity contribution is 7.99. The van der Waals surface area contributed by atoms with Crippen molar-refractivity contribution in [3.63, 3.8) is 0 Å². The topological polar surface area (TPSA) is 138 Å². The number of allylic oxidation sites excluding steroid dienone is 1. The van der Waals surface area contributed by atoms with E-state index in [1.165, 1.54) is 92.6 Å². The van der Waals surface area contributed by atoms with Crippen molar-refractivity contribution in [1.29, 1.82) is 0 Å². The van der Waals surface area contributed by atoms with Gasteiger partial charge in [0.05, 0.1) is 30.1 Å². The molecule has 9 aliphatic rings. The second-order valence-electron chi connectivity index (χ2n) is 37.1. The highest BCUT2D eigenvalue weighted by Crippen LogP contribution is 2.32. The van der Waals surface area contributed by atoms with Crippen molar-refractivity contribution in [2.75, 3.05) is 102 Å². The van der Waals surface area contributed by atoms with Gasteiger partial charge >= 0.3 is 0 Å². The number of aryl methyl sites for hydroxylation is 3. The summed E-state index contributed by atoms with van der Waals surface area (Å²) < 4.78 is 21.3. The molecule has 0 atom stereocenters. The molecular weight excluding hydrogens is 1540 g/mol. The number of anilines is 7. The predicted molar refractivity (Wildman–Crippen MR) is 551 cm³/mol. The summed E-state index contributed by atoms with van der Waals surface area (Å²) in [5.74, 6) is 12.6. The van der Waals surface area contributed by atoms with Gasteiger partial charge in [0, 0.05) is 78.2 Å². The van der Waals surface area contributed by atoms with Crippen LogP contribution in [-0.2, 0) is 43.3 Å². The molecule has 1 amide bonds. The zero-order chi connectivity index (χ0) is 92.4. The van der Waals surface area contributed by atoms with Crippen molar-refractivity contribution in [1.82, 2.24) is 0 Å². The lowest BCUT2D eigenvalue weighted by atomic mass is 10.0. The number of nitrogens with one attached hydrogen (secondary N) is 7. The number of ether oxygens (including phenoxy) is 4. The van der Waals surface area contributed by atoms with Crippen LogP contribution in [0.1, 0.15) is 233 Å². The first-order valence-corrected chi connectivity index (χ1v) is 47.4. The van der Waals surface area contributed by atoms with Gasteiger partial charge in [0.2, 0.25) is 5.91 Å². The SMILES string of the molecule is C=C1CCc2ccccc2N1.CC(C)C.CC(C)C.CC(C)C.CC(C)C.CC(C)C.CC(C)C.CC(C)C.CC(C)C.CC(C)C.O=C1Cc2ccccc2N1.c1ccc2c(c1)CCCN2.c1ccc2c(c1)CCN2.c1ccc2c(c1)CCO2.c1ccc2c(c1)CCS2.c1ccc2c(c1)NCCN2.c1ccc2c(c1)NCCO2.c1ccc2c(c1)OCCO2. The van der Waals surface area contributed by atoms with Crippen molar-refractivity contribution in [2.45, 2.75) is 243 Å². The van der Waals surface area contributed by atoms with E-state index in [1.54, 1.807) is 0 Å². The molecule has 0 aromatic heterocycles. The van der Waals surface area contributed by atoms with Gasteiger partial charge in [0.25, 0.3) is 0 Å². The molecular formula is C111H171N7O5S. The number of hydrogen-bond donors (Lipinski definition) is 7. The third kappa shape index (κ3) is 60.2. The predicted octanol–water partition coefficient (Wildman–Crippen LogP) is 30.8. The molecule has 9 aromatic carbocycles. The van der Waals surface area contributed by atoms with Crippen LogP contribution in [0.25, 0.3) is 0 Å². The number of hydrogen-bond acceptors (Lipinski definition) is 12. The molecule has 686 valence electrons. The number of carbonyl (C=O) groups is 1. The van der Waals surface area contributed by atoms with Crippen molar-refractivity contribution >= 4 is 57.5 Å². The number of fused-ring (bicyclic) bond motifs is 9. The molecule has 0 fully saturated rings. The van der Waals surface area contributed by atoms with E-state index in [4.69, 9.17) is 18.9 Å². The van der Waals surface area contributed by atoms with Gasteiger partial charge in [0.15, 0.2) is 11.5 Å². The van der Waals surface area contributed by atoms with Crippen LogP contribution >= 0.6 is 11.8 Å². The smallest absolute Gasteiger partial charge is 0.228 e. The van der Waals surface area contributed by atoms with E-state index in [0.717, 1.165) is 164 Å². The molecule has 7 N–H and O–H groups in total. The highest BCUT2D eigenvalue weighted by atomic mass is 32.2. The molecule has 0 saturated heterocycles. The van der Waals surface area contributed by atoms with E-state index in [0.29, 0.717) is 19.6 Å². The monoisotopic (exact) mass is 1710 g/mol.